The molecule has 1 heterocycles. The summed E-state index contributed by atoms with van der Waals surface area (Å²) in [5, 5.41) is 2.50. The number of amides is 1. The van der Waals surface area contributed by atoms with E-state index in [2.05, 4.69) is 5.32 Å². The summed E-state index contributed by atoms with van der Waals surface area (Å²) in [4.78, 5) is 13.9. The summed E-state index contributed by atoms with van der Waals surface area (Å²) < 4.78 is 42.4. The van der Waals surface area contributed by atoms with Gasteiger partial charge in [0.15, 0.2) is 15.6 Å². The molecule has 0 aliphatic carbocycles. The zero-order valence-corrected chi connectivity index (χ0v) is 14.3. The summed E-state index contributed by atoms with van der Waals surface area (Å²) in [6, 6.07) is 7.81. The van der Waals surface area contributed by atoms with Gasteiger partial charge in [-0.25, -0.2) is 12.8 Å². The number of carbonyl (C=O) groups is 1. The summed E-state index contributed by atoms with van der Waals surface area (Å²) >= 11 is 0. The fourth-order valence-corrected chi connectivity index (χ4v) is 3.20. The Morgan fingerprint density at radius 1 is 1.17 bits per heavy atom. The molecule has 1 amide bonds. The normalized spacial score (nSPS) is 11.7. The van der Waals surface area contributed by atoms with E-state index >= 15 is 0 Å². The minimum absolute atomic E-state index is 0.0180. The smallest absolute Gasteiger partial charge is 0.287 e. The van der Waals surface area contributed by atoms with Crippen molar-refractivity contribution in [1.29, 1.82) is 0 Å². The van der Waals surface area contributed by atoms with E-state index in [1.54, 1.807) is 12.1 Å². The lowest BCUT2D eigenvalue weighted by molar-refractivity contribution is 0.0925. The highest BCUT2D eigenvalue weighted by molar-refractivity contribution is 7.91. The molecular weight excluding hydrogens is 335 g/mol. The van der Waals surface area contributed by atoms with E-state index in [1.165, 1.54) is 12.1 Å². The van der Waals surface area contributed by atoms with Gasteiger partial charge in [-0.15, -0.1) is 0 Å². The Balaban J connectivity index is 1.90. The molecule has 2 aromatic rings. The third-order valence-electron chi connectivity index (χ3n) is 3.19. The molecule has 130 valence electrons. The van der Waals surface area contributed by atoms with Crippen LogP contribution in [0.4, 0.5) is 4.39 Å². The Kier molecular flexibility index (Phi) is 5.74. The molecule has 0 unspecified atom stereocenters. The summed E-state index contributed by atoms with van der Waals surface area (Å²) in [5.74, 6) is -0.492. The monoisotopic (exact) mass is 354 g/mol. The molecule has 0 atom stereocenters. The molecule has 0 fully saturated rings. The number of nitrogens with one attached hydrogen (secondary N) is 1. The number of hydrogen-bond donors (Lipinski definition) is 1. The lowest BCUT2D eigenvalue weighted by atomic mass is 10.4. The topological polar surface area (TPSA) is 79.6 Å². The minimum atomic E-state index is -3.58. The van der Waals surface area contributed by atoms with Crippen molar-refractivity contribution < 1.29 is 22.0 Å². The molecule has 0 aliphatic rings. The van der Waals surface area contributed by atoms with E-state index in [1.807, 2.05) is 19.0 Å². The zero-order valence-electron chi connectivity index (χ0n) is 13.5. The van der Waals surface area contributed by atoms with Gasteiger partial charge in [-0.05, 0) is 50.5 Å². The number of hydrogen-bond acceptors (Lipinski definition) is 5. The molecular formula is C16H19FN2O4S. The van der Waals surface area contributed by atoms with Gasteiger partial charge in [0.05, 0.1) is 17.2 Å². The minimum Gasteiger partial charge on any atom is -0.455 e. The molecule has 0 saturated heterocycles. The van der Waals surface area contributed by atoms with Crippen LogP contribution in [0.2, 0.25) is 0 Å². The maximum atomic E-state index is 12.8. The van der Waals surface area contributed by atoms with Crippen molar-refractivity contribution in [2.75, 3.05) is 26.4 Å². The quantitative estimate of drug-likeness (QED) is 0.766. The van der Waals surface area contributed by atoms with E-state index in [9.17, 15) is 17.6 Å². The van der Waals surface area contributed by atoms with E-state index in [0.717, 1.165) is 12.1 Å². The highest BCUT2D eigenvalue weighted by Gasteiger charge is 2.16. The van der Waals surface area contributed by atoms with Gasteiger partial charge in [0.25, 0.3) is 5.91 Å². The molecule has 0 aliphatic heterocycles. The molecule has 24 heavy (non-hydrogen) atoms. The van der Waals surface area contributed by atoms with Crippen LogP contribution in [-0.4, -0.2) is 45.6 Å². The van der Waals surface area contributed by atoms with Gasteiger partial charge in [-0.3, -0.25) is 4.79 Å². The molecule has 1 aromatic heterocycles. The van der Waals surface area contributed by atoms with Gasteiger partial charge in [-0.1, -0.05) is 0 Å². The van der Waals surface area contributed by atoms with Crippen LogP contribution in [0.3, 0.4) is 0 Å². The average Bonchev–Trinajstić information content (AvgIpc) is 2.95. The third-order valence-corrected chi connectivity index (χ3v) is 4.92. The van der Waals surface area contributed by atoms with Gasteiger partial charge < -0.3 is 14.6 Å². The van der Waals surface area contributed by atoms with Gasteiger partial charge in [-0.2, -0.15) is 0 Å². The van der Waals surface area contributed by atoms with E-state index in [-0.39, 0.29) is 23.0 Å². The molecule has 6 nitrogen and oxygen atoms in total. The first kappa shape index (κ1) is 18.2. The summed E-state index contributed by atoms with van der Waals surface area (Å²) in [5.41, 5.74) is 0. The van der Waals surface area contributed by atoms with Crippen molar-refractivity contribution in [2.45, 2.75) is 11.4 Å². The van der Waals surface area contributed by atoms with Crippen molar-refractivity contribution in [1.82, 2.24) is 10.2 Å². The zero-order chi connectivity index (χ0) is 17.7. The van der Waals surface area contributed by atoms with Crippen LogP contribution < -0.4 is 5.32 Å². The summed E-state index contributed by atoms with van der Waals surface area (Å²) in [6.45, 7) is 0.495. The van der Waals surface area contributed by atoms with E-state index in [4.69, 9.17) is 4.42 Å². The fourth-order valence-electron chi connectivity index (χ4n) is 2.04. The van der Waals surface area contributed by atoms with Crippen molar-refractivity contribution in [3.05, 3.63) is 53.7 Å². The predicted molar refractivity (Wildman–Crippen MR) is 86.9 cm³/mol. The highest BCUT2D eigenvalue weighted by Crippen LogP contribution is 2.12. The third kappa shape index (κ3) is 4.90. The molecule has 8 heteroatoms. The van der Waals surface area contributed by atoms with Crippen LogP contribution in [-0.2, 0) is 16.4 Å². The van der Waals surface area contributed by atoms with Crippen LogP contribution in [0.25, 0.3) is 0 Å². The SMILES string of the molecule is CN(C)Cc1ccc(C(=O)NCCS(=O)(=O)c2ccc(F)cc2)o1. The predicted octanol–water partition coefficient (Wildman–Crippen LogP) is 1.68. The second-order valence-corrected chi connectivity index (χ2v) is 7.64. The molecule has 0 bridgehead atoms. The van der Waals surface area contributed by atoms with E-state index in [0.29, 0.717) is 12.3 Å². The first-order valence-electron chi connectivity index (χ1n) is 7.28. The van der Waals surface area contributed by atoms with Gasteiger partial charge >= 0.3 is 0 Å². The molecule has 2 rings (SSSR count). The average molecular weight is 354 g/mol. The van der Waals surface area contributed by atoms with Crippen molar-refractivity contribution in [3.8, 4) is 0 Å². The van der Waals surface area contributed by atoms with Crippen LogP contribution >= 0.6 is 0 Å². The molecule has 0 spiro atoms. The Morgan fingerprint density at radius 3 is 2.46 bits per heavy atom. The van der Waals surface area contributed by atoms with Crippen LogP contribution in [0.5, 0.6) is 0 Å². The van der Waals surface area contributed by atoms with Gasteiger partial charge in [0, 0.05) is 6.54 Å². The second-order valence-electron chi connectivity index (χ2n) is 5.53. The molecule has 0 radical (unpaired) electrons. The Hall–Kier alpha value is -2.19. The van der Waals surface area contributed by atoms with E-state index < -0.39 is 21.6 Å². The molecule has 1 aromatic carbocycles. The van der Waals surface area contributed by atoms with Crippen molar-refractivity contribution in [2.24, 2.45) is 0 Å². The largest absolute Gasteiger partial charge is 0.455 e. The second kappa shape index (κ2) is 7.59. The number of carbonyl (C=O) groups excluding carboxylic acids is 1. The highest BCUT2D eigenvalue weighted by atomic mass is 32.2. The Bertz CT molecular complexity index is 798. The number of benzene rings is 1. The van der Waals surface area contributed by atoms with Crippen molar-refractivity contribution in [3.63, 3.8) is 0 Å². The fraction of sp³-hybridized carbons (Fsp3) is 0.312. The van der Waals surface area contributed by atoms with Crippen LogP contribution in [0, 0.1) is 5.82 Å². The number of rotatable bonds is 7. The first-order valence-corrected chi connectivity index (χ1v) is 8.93. The number of nitrogens with zero attached hydrogens (tertiary/aromatic N) is 1. The standard InChI is InChI=1S/C16H19FN2O4S/c1-19(2)11-13-5-8-15(23-13)16(20)18-9-10-24(21,22)14-6-3-12(17)4-7-14/h3-8H,9-11H2,1-2H3,(H,18,20). The Labute approximate surface area is 140 Å². The summed E-state index contributed by atoms with van der Waals surface area (Å²) in [6.07, 6.45) is 0. The number of halogens is 1. The maximum absolute atomic E-state index is 12.8. The van der Waals surface area contributed by atoms with Crippen molar-refractivity contribution >= 4 is 15.7 Å². The Morgan fingerprint density at radius 2 is 1.83 bits per heavy atom. The lowest BCUT2D eigenvalue weighted by Gasteiger charge is -2.07. The molecule has 1 N–H and O–H groups in total. The van der Waals surface area contributed by atoms with Gasteiger partial charge in [0.2, 0.25) is 0 Å². The van der Waals surface area contributed by atoms with Gasteiger partial charge in [0.1, 0.15) is 11.6 Å². The lowest BCUT2D eigenvalue weighted by Crippen LogP contribution is -2.28. The maximum Gasteiger partial charge on any atom is 0.287 e. The summed E-state index contributed by atoms with van der Waals surface area (Å²) in [7, 11) is 0.171. The van der Waals surface area contributed by atoms with Crippen LogP contribution in [0.1, 0.15) is 16.3 Å². The number of sulfone groups is 1. The number of furan rings is 1. The first-order chi connectivity index (χ1) is 11.3. The molecule has 0 saturated carbocycles. The van der Waals surface area contributed by atoms with Crippen LogP contribution in [0.15, 0.2) is 45.7 Å².